The lowest BCUT2D eigenvalue weighted by Crippen LogP contribution is -2.52. The van der Waals surface area contributed by atoms with Crippen LogP contribution in [-0.4, -0.2) is 55.8 Å². The Balaban J connectivity index is 1.49. The smallest absolute Gasteiger partial charge is 0.243 e. The van der Waals surface area contributed by atoms with Gasteiger partial charge in [0.25, 0.3) is 0 Å². The average Bonchev–Trinajstić information content (AvgIpc) is 3.53. The number of rotatable bonds is 6. The summed E-state index contributed by atoms with van der Waals surface area (Å²) in [6.45, 7) is 1.62. The molecule has 1 heterocycles. The summed E-state index contributed by atoms with van der Waals surface area (Å²) in [6.07, 6.45) is 2.05. The summed E-state index contributed by atoms with van der Waals surface area (Å²) in [5, 5.41) is 3.49. The molecule has 0 unspecified atom stereocenters. The van der Waals surface area contributed by atoms with Crippen molar-refractivity contribution in [3.63, 3.8) is 0 Å². The van der Waals surface area contributed by atoms with Crippen LogP contribution in [-0.2, 0) is 14.8 Å². The maximum absolute atomic E-state index is 12.9. The van der Waals surface area contributed by atoms with Crippen molar-refractivity contribution in [1.82, 2.24) is 14.5 Å². The van der Waals surface area contributed by atoms with E-state index in [2.05, 4.69) is 10.2 Å². The highest BCUT2D eigenvalue weighted by atomic mass is 35.5. The molecule has 0 spiro atoms. The van der Waals surface area contributed by atoms with Gasteiger partial charge in [0.2, 0.25) is 15.9 Å². The molecule has 1 aliphatic heterocycles. The van der Waals surface area contributed by atoms with Crippen LogP contribution in [0.25, 0.3) is 0 Å². The fourth-order valence-corrected chi connectivity index (χ4v) is 5.37. The third kappa shape index (κ3) is 4.64. The number of sulfonamides is 1. The lowest BCUT2D eigenvalue weighted by Gasteiger charge is -2.38. The zero-order valence-corrected chi connectivity index (χ0v) is 17.6. The zero-order valence-electron chi connectivity index (χ0n) is 16.0. The Hall–Kier alpha value is -1.93. The van der Waals surface area contributed by atoms with Crippen LogP contribution < -0.4 is 5.32 Å². The number of nitrogens with zero attached hydrogens (tertiary/aromatic N) is 2. The maximum atomic E-state index is 12.9. The van der Waals surface area contributed by atoms with Crippen LogP contribution in [0.1, 0.15) is 24.4 Å². The number of hydrogen-bond acceptors (Lipinski definition) is 4. The van der Waals surface area contributed by atoms with Crippen LogP contribution in [0.4, 0.5) is 0 Å². The van der Waals surface area contributed by atoms with E-state index in [4.69, 9.17) is 11.6 Å². The van der Waals surface area contributed by atoms with E-state index in [1.807, 2.05) is 30.3 Å². The normalized spacial score (nSPS) is 19.6. The first kappa shape index (κ1) is 20.3. The first-order valence-corrected chi connectivity index (χ1v) is 11.6. The van der Waals surface area contributed by atoms with Crippen molar-refractivity contribution in [3.05, 3.63) is 65.2 Å². The van der Waals surface area contributed by atoms with Gasteiger partial charge in [0.15, 0.2) is 0 Å². The topological polar surface area (TPSA) is 69.7 Å². The van der Waals surface area contributed by atoms with Crippen molar-refractivity contribution in [1.29, 1.82) is 0 Å². The van der Waals surface area contributed by atoms with Crippen molar-refractivity contribution >= 4 is 27.5 Å². The molecule has 1 N–H and O–H groups in total. The highest BCUT2D eigenvalue weighted by Crippen LogP contribution is 2.27. The molecule has 29 heavy (non-hydrogen) atoms. The molecule has 0 aromatic heterocycles. The van der Waals surface area contributed by atoms with Crippen LogP contribution in [0, 0.1) is 0 Å². The van der Waals surface area contributed by atoms with Gasteiger partial charge in [0.1, 0.15) is 6.04 Å². The van der Waals surface area contributed by atoms with Crippen molar-refractivity contribution in [2.45, 2.75) is 29.8 Å². The Kier molecular flexibility index (Phi) is 5.92. The molecule has 0 radical (unpaired) electrons. The van der Waals surface area contributed by atoms with E-state index < -0.39 is 16.1 Å². The summed E-state index contributed by atoms with van der Waals surface area (Å²) in [6, 6.07) is 15.9. The second-order valence-corrected chi connectivity index (χ2v) is 9.87. The van der Waals surface area contributed by atoms with Gasteiger partial charge < -0.3 is 5.32 Å². The highest BCUT2D eigenvalue weighted by molar-refractivity contribution is 7.89. The van der Waals surface area contributed by atoms with Gasteiger partial charge in [-0.05, 0) is 36.6 Å². The molecule has 2 aromatic rings. The van der Waals surface area contributed by atoms with Gasteiger partial charge in [0, 0.05) is 37.2 Å². The number of benzene rings is 2. The minimum Gasteiger partial charge on any atom is -0.352 e. The van der Waals surface area contributed by atoms with E-state index in [1.54, 1.807) is 18.2 Å². The molecule has 2 aliphatic rings. The standard InChI is InChI=1S/C21H24ClN3O3S/c22-17-7-4-8-19(15-17)29(27,28)25-13-11-24(12-14-25)20(16-5-2-1-3-6-16)21(26)23-18-9-10-18/h1-8,15,18,20H,9-14H2,(H,23,26)/t20-/m0/s1. The van der Waals surface area contributed by atoms with E-state index in [-0.39, 0.29) is 16.8 Å². The summed E-state index contributed by atoms with van der Waals surface area (Å²) in [5.41, 5.74) is 0.928. The summed E-state index contributed by atoms with van der Waals surface area (Å²) in [7, 11) is -3.61. The molecule has 154 valence electrons. The van der Waals surface area contributed by atoms with Crippen LogP contribution in [0.2, 0.25) is 5.02 Å². The summed E-state index contributed by atoms with van der Waals surface area (Å²) >= 11 is 5.97. The number of halogens is 1. The molecule has 8 heteroatoms. The monoisotopic (exact) mass is 433 g/mol. The molecule has 1 aliphatic carbocycles. The average molecular weight is 434 g/mol. The summed E-state index contributed by atoms with van der Waals surface area (Å²) in [5.74, 6) is -0.00940. The maximum Gasteiger partial charge on any atom is 0.243 e. The molecule has 0 bridgehead atoms. The fraction of sp³-hybridized carbons (Fsp3) is 0.381. The van der Waals surface area contributed by atoms with Gasteiger partial charge in [-0.3, -0.25) is 9.69 Å². The molecule has 1 saturated heterocycles. The molecule has 1 amide bonds. The molecule has 2 aromatic carbocycles. The molecule has 1 saturated carbocycles. The summed E-state index contributed by atoms with van der Waals surface area (Å²) in [4.78, 5) is 15.2. The van der Waals surface area contributed by atoms with Crippen molar-refractivity contribution in [3.8, 4) is 0 Å². The van der Waals surface area contributed by atoms with Crippen LogP contribution >= 0.6 is 11.6 Å². The molecule has 6 nitrogen and oxygen atoms in total. The second-order valence-electron chi connectivity index (χ2n) is 7.49. The van der Waals surface area contributed by atoms with Gasteiger partial charge in [0.05, 0.1) is 4.90 Å². The fourth-order valence-electron chi connectivity index (χ4n) is 3.65. The van der Waals surface area contributed by atoms with Gasteiger partial charge in [-0.25, -0.2) is 8.42 Å². The SMILES string of the molecule is O=C(NC1CC1)[C@H](c1ccccc1)N1CCN(S(=O)(=O)c2cccc(Cl)c2)CC1. The predicted molar refractivity (Wildman–Crippen MR) is 112 cm³/mol. The van der Waals surface area contributed by atoms with Crippen LogP contribution in [0.15, 0.2) is 59.5 Å². The van der Waals surface area contributed by atoms with E-state index in [0.29, 0.717) is 31.2 Å². The number of carbonyl (C=O) groups is 1. The van der Waals surface area contributed by atoms with Crippen LogP contribution in [0.3, 0.4) is 0 Å². The largest absolute Gasteiger partial charge is 0.352 e. The first-order valence-electron chi connectivity index (χ1n) is 9.80. The minimum atomic E-state index is -3.61. The van der Waals surface area contributed by atoms with E-state index >= 15 is 0 Å². The second kappa shape index (κ2) is 8.44. The minimum absolute atomic E-state index is 0.00940. The Labute approximate surface area is 176 Å². The molecular formula is C21H24ClN3O3S. The first-order chi connectivity index (χ1) is 13.9. The summed E-state index contributed by atoms with van der Waals surface area (Å²) < 4.78 is 27.4. The molecule has 1 atom stereocenters. The van der Waals surface area contributed by atoms with Crippen molar-refractivity contribution in [2.24, 2.45) is 0 Å². The van der Waals surface area contributed by atoms with Gasteiger partial charge in [-0.2, -0.15) is 4.31 Å². The Morgan fingerprint density at radius 1 is 1.00 bits per heavy atom. The van der Waals surface area contributed by atoms with Gasteiger partial charge in [-0.1, -0.05) is 48.0 Å². The van der Waals surface area contributed by atoms with Gasteiger partial charge in [-0.15, -0.1) is 0 Å². The lowest BCUT2D eigenvalue weighted by atomic mass is 10.0. The number of nitrogens with one attached hydrogen (secondary N) is 1. The zero-order chi connectivity index (χ0) is 20.4. The molecular weight excluding hydrogens is 410 g/mol. The van der Waals surface area contributed by atoms with Crippen molar-refractivity contribution < 1.29 is 13.2 Å². The number of piperazine rings is 1. The number of hydrogen-bond donors (Lipinski definition) is 1. The Morgan fingerprint density at radius 2 is 1.69 bits per heavy atom. The number of amides is 1. The molecule has 4 rings (SSSR count). The predicted octanol–water partition coefficient (Wildman–Crippen LogP) is 2.67. The highest BCUT2D eigenvalue weighted by Gasteiger charge is 2.36. The van der Waals surface area contributed by atoms with E-state index in [9.17, 15) is 13.2 Å². The molecule has 2 fully saturated rings. The lowest BCUT2D eigenvalue weighted by molar-refractivity contribution is -0.127. The van der Waals surface area contributed by atoms with Crippen LogP contribution in [0.5, 0.6) is 0 Å². The third-order valence-electron chi connectivity index (χ3n) is 5.36. The van der Waals surface area contributed by atoms with Gasteiger partial charge >= 0.3 is 0 Å². The Morgan fingerprint density at radius 3 is 2.31 bits per heavy atom. The quantitative estimate of drug-likeness (QED) is 0.760. The van der Waals surface area contributed by atoms with Crippen molar-refractivity contribution in [2.75, 3.05) is 26.2 Å². The van der Waals surface area contributed by atoms with E-state index in [1.165, 1.54) is 10.4 Å². The van der Waals surface area contributed by atoms with E-state index in [0.717, 1.165) is 18.4 Å². The number of carbonyl (C=O) groups excluding carboxylic acids is 1. The Bertz CT molecular complexity index is 972. The third-order valence-corrected chi connectivity index (χ3v) is 7.49.